The van der Waals surface area contributed by atoms with Crippen LogP contribution in [0.3, 0.4) is 0 Å². The van der Waals surface area contributed by atoms with E-state index in [4.69, 9.17) is 5.84 Å². The van der Waals surface area contributed by atoms with Gasteiger partial charge in [0.25, 0.3) is 0 Å². The highest BCUT2D eigenvalue weighted by Gasteiger charge is 2.37. The highest BCUT2D eigenvalue weighted by Crippen LogP contribution is 2.25. The largest absolute Gasteiger partial charge is 0.299 e. The van der Waals surface area contributed by atoms with Crippen LogP contribution in [-0.4, -0.2) is 58.5 Å². The lowest BCUT2D eigenvalue weighted by Crippen LogP contribution is -2.64. The molecule has 92 valence electrons. The number of nitrogens with two attached hydrogens (primary N) is 1. The molecule has 1 aromatic heterocycles. The highest BCUT2D eigenvalue weighted by molar-refractivity contribution is 5.08. The van der Waals surface area contributed by atoms with Crippen molar-refractivity contribution < 1.29 is 0 Å². The van der Waals surface area contributed by atoms with Gasteiger partial charge in [-0.25, -0.2) is 5.43 Å². The molecule has 3 aliphatic heterocycles. The topological polar surface area (TPSA) is 70.3 Å². The van der Waals surface area contributed by atoms with Crippen molar-refractivity contribution in [3.8, 4) is 0 Å². The van der Waals surface area contributed by atoms with Gasteiger partial charge in [0.05, 0.1) is 17.9 Å². The molecular weight excluding hydrogens is 216 g/mol. The van der Waals surface area contributed by atoms with Crippen LogP contribution in [0.1, 0.15) is 11.7 Å². The van der Waals surface area contributed by atoms with Gasteiger partial charge in [0.15, 0.2) is 0 Å². The Kier molecular flexibility index (Phi) is 3.02. The number of hydrazine groups is 1. The van der Waals surface area contributed by atoms with Crippen molar-refractivity contribution in [3.63, 3.8) is 0 Å². The van der Waals surface area contributed by atoms with E-state index in [-0.39, 0.29) is 6.04 Å². The van der Waals surface area contributed by atoms with Crippen LogP contribution in [0, 0.1) is 0 Å². The molecule has 1 aromatic rings. The van der Waals surface area contributed by atoms with Crippen molar-refractivity contribution in [2.75, 3.05) is 32.7 Å². The summed E-state index contributed by atoms with van der Waals surface area (Å²) in [6.45, 7) is 5.67. The maximum absolute atomic E-state index is 5.70. The molecule has 6 nitrogen and oxygen atoms in total. The molecule has 6 heteroatoms. The average molecular weight is 234 g/mol. The van der Waals surface area contributed by atoms with E-state index < -0.39 is 0 Å². The third-order valence-corrected chi connectivity index (χ3v) is 3.79. The summed E-state index contributed by atoms with van der Waals surface area (Å²) in [4.78, 5) is 13.5. The van der Waals surface area contributed by atoms with Crippen LogP contribution in [0.25, 0.3) is 0 Å². The Balaban J connectivity index is 1.82. The molecule has 3 saturated heterocycles. The van der Waals surface area contributed by atoms with Gasteiger partial charge < -0.3 is 0 Å². The molecule has 0 radical (unpaired) electrons. The molecule has 3 N–H and O–H groups in total. The number of aromatic nitrogens is 2. The minimum Gasteiger partial charge on any atom is -0.299 e. The van der Waals surface area contributed by atoms with E-state index in [2.05, 4.69) is 25.2 Å². The van der Waals surface area contributed by atoms with Crippen molar-refractivity contribution in [2.45, 2.75) is 12.1 Å². The predicted molar refractivity (Wildman–Crippen MR) is 63.9 cm³/mol. The van der Waals surface area contributed by atoms with Gasteiger partial charge in [-0.15, -0.1) is 0 Å². The fourth-order valence-electron chi connectivity index (χ4n) is 2.84. The van der Waals surface area contributed by atoms with Crippen molar-refractivity contribution in [1.29, 1.82) is 0 Å². The minimum atomic E-state index is 0.0619. The molecule has 2 unspecified atom stereocenters. The van der Waals surface area contributed by atoms with Crippen molar-refractivity contribution in [2.24, 2.45) is 5.84 Å². The van der Waals surface area contributed by atoms with E-state index in [0.29, 0.717) is 6.04 Å². The van der Waals surface area contributed by atoms with Gasteiger partial charge in [0.1, 0.15) is 0 Å². The fourth-order valence-corrected chi connectivity index (χ4v) is 2.84. The van der Waals surface area contributed by atoms with Gasteiger partial charge in [-0.05, 0) is 0 Å². The first-order valence-electron chi connectivity index (χ1n) is 6.07. The van der Waals surface area contributed by atoms with Crippen molar-refractivity contribution >= 4 is 0 Å². The number of rotatable bonds is 3. The molecular formula is C11H18N6. The van der Waals surface area contributed by atoms with Crippen LogP contribution in [0.4, 0.5) is 0 Å². The maximum Gasteiger partial charge on any atom is 0.0815 e. The summed E-state index contributed by atoms with van der Waals surface area (Å²) >= 11 is 0. The Hall–Kier alpha value is -1.08. The van der Waals surface area contributed by atoms with Gasteiger partial charge in [0, 0.05) is 51.2 Å². The summed E-state index contributed by atoms with van der Waals surface area (Å²) in [5.41, 5.74) is 3.83. The molecule has 0 aromatic carbocycles. The lowest BCUT2D eigenvalue weighted by molar-refractivity contribution is -0.00438. The van der Waals surface area contributed by atoms with Crippen LogP contribution < -0.4 is 11.3 Å². The average Bonchev–Trinajstić information content (AvgIpc) is 2.42. The summed E-state index contributed by atoms with van der Waals surface area (Å²) in [6.07, 6.45) is 5.20. The second kappa shape index (κ2) is 4.66. The van der Waals surface area contributed by atoms with Crippen LogP contribution in [0.5, 0.6) is 0 Å². The second-order valence-electron chi connectivity index (χ2n) is 4.68. The quantitative estimate of drug-likeness (QED) is 0.515. The molecule has 4 heterocycles. The maximum atomic E-state index is 5.70. The Bertz CT molecular complexity index is 361. The van der Waals surface area contributed by atoms with E-state index in [1.807, 2.05) is 0 Å². The van der Waals surface area contributed by atoms with E-state index in [1.165, 1.54) is 13.1 Å². The first-order valence-corrected chi connectivity index (χ1v) is 6.07. The van der Waals surface area contributed by atoms with Gasteiger partial charge in [0.2, 0.25) is 0 Å². The van der Waals surface area contributed by atoms with Crippen LogP contribution in [-0.2, 0) is 0 Å². The van der Waals surface area contributed by atoms with E-state index in [9.17, 15) is 0 Å². The zero-order valence-corrected chi connectivity index (χ0v) is 9.79. The molecule has 0 spiro atoms. The van der Waals surface area contributed by atoms with E-state index in [0.717, 1.165) is 25.3 Å². The molecule has 3 fully saturated rings. The fraction of sp³-hybridized carbons (Fsp3) is 0.636. The smallest absolute Gasteiger partial charge is 0.0815 e. The number of hydrogen-bond donors (Lipinski definition) is 2. The first kappa shape index (κ1) is 11.0. The van der Waals surface area contributed by atoms with Gasteiger partial charge in [-0.2, -0.15) is 0 Å². The number of hydrogen-bond acceptors (Lipinski definition) is 6. The molecule has 2 bridgehead atoms. The Morgan fingerprint density at radius 3 is 2.65 bits per heavy atom. The molecule has 2 atom stereocenters. The normalized spacial score (nSPS) is 33.6. The van der Waals surface area contributed by atoms with Crippen LogP contribution in [0.2, 0.25) is 0 Å². The zero-order valence-electron chi connectivity index (χ0n) is 9.79. The van der Waals surface area contributed by atoms with Crippen molar-refractivity contribution in [3.05, 3.63) is 24.3 Å². The Morgan fingerprint density at radius 2 is 2.12 bits per heavy atom. The predicted octanol–water partition coefficient (Wildman–Crippen LogP) is -1.02. The molecule has 0 amide bonds. The van der Waals surface area contributed by atoms with Crippen molar-refractivity contribution in [1.82, 2.24) is 25.2 Å². The standard InChI is InChI=1S/C11H18N6/c12-15-11(9-7-13-1-2-14-9)10-8-16-3-5-17(10)6-4-16/h1-2,7,10-11,15H,3-6,8,12H2. The lowest BCUT2D eigenvalue weighted by Gasteiger charge is -2.49. The summed E-state index contributed by atoms with van der Waals surface area (Å²) in [5, 5.41) is 0. The SMILES string of the molecule is NNC(c1cnccn1)C1CN2CCN1CC2. The molecule has 0 saturated carbocycles. The van der Waals surface area contributed by atoms with Crippen LogP contribution in [0.15, 0.2) is 18.6 Å². The number of nitrogens with zero attached hydrogens (tertiary/aromatic N) is 4. The van der Waals surface area contributed by atoms with Gasteiger partial charge in [-0.3, -0.25) is 25.6 Å². The minimum absolute atomic E-state index is 0.0619. The molecule has 17 heavy (non-hydrogen) atoms. The first-order chi connectivity index (χ1) is 8.38. The highest BCUT2D eigenvalue weighted by atomic mass is 15.4. The molecule has 0 aliphatic carbocycles. The lowest BCUT2D eigenvalue weighted by atomic mass is 9.98. The monoisotopic (exact) mass is 234 g/mol. The van der Waals surface area contributed by atoms with Gasteiger partial charge >= 0.3 is 0 Å². The number of piperazine rings is 3. The van der Waals surface area contributed by atoms with Crippen LogP contribution >= 0.6 is 0 Å². The summed E-state index contributed by atoms with van der Waals surface area (Å²) < 4.78 is 0. The summed E-state index contributed by atoms with van der Waals surface area (Å²) in [6, 6.07) is 0.464. The number of nitrogens with one attached hydrogen (secondary N) is 1. The zero-order chi connectivity index (χ0) is 11.7. The Morgan fingerprint density at radius 1 is 1.29 bits per heavy atom. The van der Waals surface area contributed by atoms with E-state index in [1.54, 1.807) is 18.6 Å². The Labute approximate surface area is 101 Å². The summed E-state index contributed by atoms with van der Waals surface area (Å²) in [5.74, 6) is 5.70. The van der Waals surface area contributed by atoms with E-state index >= 15 is 0 Å². The second-order valence-corrected chi connectivity index (χ2v) is 4.68. The third-order valence-electron chi connectivity index (χ3n) is 3.79. The summed E-state index contributed by atoms with van der Waals surface area (Å²) in [7, 11) is 0. The third kappa shape index (κ3) is 2.04. The molecule has 4 rings (SSSR count). The van der Waals surface area contributed by atoms with Gasteiger partial charge in [-0.1, -0.05) is 0 Å². The number of fused-ring (bicyclic) bond motifs is 3. The molecule has 3 aliphatic rings.